The standard InChI is InChI=1S/C27H34N2O5/c1-5-15-27(4,25(31)32)29-24(30)23(17(3)6-2)28-26(33)34-16-22-20-13-9-7-11-18(20)19-12-8-10-14-21(19)22/h7-14,17,22-23H,5-6,15-16H2,1-4H3,(H,28,33)(H,29,30)(H,31,32). The molecule has 7 heteroatoms. The van der Waals surface area contributed by atoms with Gasteiger partial charge in [0.1, 0.15) is 18.2 Å². The van der Waals surface area contributed by atoms with Gasteiger partial charge in [-0.1, -0.05) is 82.1 Å². The highest BCUT2D eigenvalue weighted by atomic mass is 16.5. The average Bonchev–Trinajstić information content (AvgIpc) is 3.14. The van der Waals surface area contributed by atoms with Crippen molar-refractivity contribution in [2.75, 3.05) is 6.61 Å². The van der Waals surface area contributed by atoms with Crippen molar-refractivity contribution in [3.05, 3.63) is 59.7 Å². The molecule has 3 unspecified atom stereocenters. The quantitative estimate of drug-likeness (QED) is 0.471. The summed E-state index contributed by atoms with van der Waals surface area (Å²) in [5, 5.41) is 14.9. The molecule has 0 bridgehead atoms. The summed E-state index contributed by atoms with van der Waals surface area (Å²) < 4.78 is 5.59. The second kappa shape index (κ2) is 10.7. The third-order valence-corrected chi connectivity index (χ3v) is 6.73. The summed E-state index contributed by atoms with van der Waals surface area (Å²) in [5.74, 6) is -1.93. The van der Waals surface area contributed by atoms with Crippen LogP contribution in [0.1, 0.15) is 64.0 Å². The van der Waals surface area contributed by atoms with Gasteiger partial charge < -0.3 is 20.5 Å². The maximum Gasteiger partial charge on any atom is 0.407 e. The van der Waals surface area contributed by atoms with Crippen LogP contribution in [0.2, 0.25) is 0 Å². The molecule has 0 saturated heterocycles. The monoisotopic (exact) mass is 466 g/mol. The van der Waals surface area contributed by atoms with E-state index < -0.39 is 29.6 Å². The number of benzene rings is 2. The van der Waals surface area contributed by atoms with Gasteiger partial charge in [-0.05, 0) is 41.5 Å². The molecule has 182 valence electrons. The molecule has 0 aromatic heterocycles. The summed E-state index contributed by atoms with van der Waals surface area (Å²) in [6, 6.07) is 15.2. The lowest BCUT2D eigenvalue weighted by Crippen LogP contribution is -2.59. The topological polar surface area (TPSA) is 105 Å². The van der Waals surface area contributed by atoms with Crippen LogP contribution in [0, 0.1) is 5.92 Å². The summed E-state index contributed by atoms with van der Waals surface area (Å²) >= 11 is 0. The number of carbonyl (C=O) groups is 3. The highest BCUT2D eigenvalue weighted by Crippen LogP contribution is 2.44. The van der Waals surface area contributed by atoms with E-state index in [1.165, 1.54) is 6.92 Å². The van der Waals surface area contributed by atoms with Crippen molar-refractivity contribution in [3.63, 3.8) is 0 Å². The molecule has 3 atom stereocenters. The molecule has 3 N–H and O–H groups in total. The second-order valence-corrected chi connectivity index (χ2v) is 9.21. The first-order valence-corrected chi connectivity index (χ1v) is 11.9. The van der Waals surface area contributed by atoms with Gasteiger partial charge in [-0.2, -0.15) is 0 Å². The molecular weight excluding hydrogens is 432 g/mol. The Morgan fingerprint density at radius 1 is 1.03 bits per heavy atom. The molecule has 0 heterocycles. The molecule has 0 fully saturated rings. The zero-order valence-corrected chi connectivity index (χ0v) is 20.3. The molecular formula is C27H34N2O5. The lowest BCUT2D eigenvalue weighted by Gasteiger charge is -2.30. The van der Waals surface area contributed by atoms with E-state index in [4.69, 9.17) is 4.74 Å². The highest BCUT2D eigenvalue weighted by Gasteiger charge is 2.38. The summed E-state index contributed by atoms with van der Waals surface area (Å²) in [5.41, 5.74) is 3.06. The van der Waals surface area contributed by atoms with Gasteiger partial charge in [0.05, 0.1) is 0 Å². The number of carbonyl (C=O) groups excluding carboxylic acids is 2. The lowest BCUT2D eigenvalue weighted by molar-refractivity contribution is -0.147. The predicted molar refractivity (Wildman–Crippen MR) is 131 cm³/mol. The Bertz CT molecular complexity index is 1010. The molecule has 1 aliphatic carbocycles. The molecule has 0 saturated carbocycles. The third kappa shape index (κ3) is 5.24. The number of carboxylic acids is 1. The summed E-state index contributed by atoms with van der Waals surface area (Å²) in [6.07, 6.45) is 0.803. The van der Waals surface area contributed by atoms with Gasteiger partial charge >= 0.3 is 12.1 Å². The SMILES string of the molecule is CCCC(C)(NC(=O)C(NC(=O)OCC1c2ccccc2-c2ccccc21)C(C)CC)C(=O)O. The van der Waals surface area contributed by atoms with E-state index >= 15 is 0 Å². The number of ether oxygens (including phenoxy) is 1. The summed E-state index contributed by atoms with van der Waals surface area (Å²) in [7, 11) is 0. The van der Waals surface area contributed by atoms with E-state index in [1.807, 2.05) is 57.2 Å². The third-order valence-electron chi connectivity index (χ3n) is 6.73. The van der Waals surface area contributed by atoms with E-state index in [0.717, 1.165) is 22.3 Å². The number of hydrogen-bond donors (Lipinski definition) is 3. The normalized spacial score (nSPS) is 15.9. The van der Waals surface area contributed by atoms with Crippen molar-refractivity contribution in [2.24, 2.45) is 5.92 Å². The molecule has 2 aromatic rings. The molecule has 2 amide bonds. The Balaban J connectivity index is 1.70. The van der Waals surface area contributed by atoms with Crippen LogP contribution < -0.4 is 10.6 Å². The molecule has 34 heavy (non-hydrogen) atoms. The van der Waals surface area contributed by atoms with Crippen LogP contribution in [0.15, 0.2) is 48.5 Å². The maximum absolute atomic E-state index is 13.0. The van der Waals surface area contributed by atoms with Gasteiger partial charge in [0.2, 0.25) is 5.91 Å². The van der Waals surface area contributed by atoms with E-state index in [-0.39, 0.29) is 24.9 Å². The first-order valence-electron chi connectivity index (χ1n) is 11.9. The van der Waals surface area contributed by atoms with E-state index in [9.17, 15) is 19.5 Å². The maximum atomic E-state index is 13.0. The van der Waals surface area contributed by atoms with Crippen molar-refractivity contribution < 1.29 is 24.2 Å². The minimum Gasteiger partial charge on any atom is -0.480 e. The Kier molecular flexibility index (Phi) is 7.97. The van der Waals surface area contributed by atoms with Gasteiger partial charge in [-0.15, -0.1) is 0 Å². The minimum absolute atomic E-state index is 0.0890. The lowest BCUT2D eigenvalue weighted by atomic mass is 9.93. The fraction of sp³-hybridized carbons (Fsp3) is 0.444. The zero-order valence-electron chi connectivity index (χ0n) is 20.3. The number of alkyl carbamates (subject to hydrolysis) is 1. The highest BCUT2D eigenvalue weighted by molar-refractivity contribution is 5.91. The number of nitrogens with one attached hydrogen (secondary N) is 2. The van der Waals surface area contributed by atoms with Crippen LogP contribution in [0.3, 0.4) is 0 Å². The first-order chi connectivity index (χ1) is 16.2. The summed E-state index contributed by atoms with van der Waals surface area (Å²) in [4.78, 5) is 37.5. The molecule has 0 spiro atoms. The summed E-state index contributed by atoms with van der Waals surface area (Å²) in [6.45, 7) is 7.22. The number of carboxylic acid groups (broad SMARTS) is 1. The molecule has 3 rings (SSSR count). The van der Waals surface area contributed by atoms with Crippen LogP contribution in [0.5, 0.6) is 0 Å². The van der Waals surface area contributed by atoms with Crippen LogP contribution in [0.25, 0.3) is 11.1 Å². The molecule has 0 aliphatic heterocycles. The largest absolute Gasteiger partial charge is 0.480 e. The molecule has 1 aliphatic rings. The number of fused-ring (bicyclic) bond motifs is 3. The van der Waals surface area contributed by atoms with Crippen molar-refractivity contribution in [2.45, 2.75) is 64.5 Å². The number of amides is 2. The predicted octanol–water partition coefficient (Wildman–Crippen LogP) is 4.70. The average molecular weight is 467 g/mol. The van der Waals surface area contributed by atoms with E-state index in [0.29, 0.717) is 12.8 Å². The second-order valence-electron chi connectivity index (χ2n) is 9.21. The van der Waals surface area contributed by atoms with Gasteiger partial charge in [-0.25, -0.2) is 9.59 Å². The van der Waals surface area contributed by atoms with Crippen molar-refractivity contribution in [1.82, 2.24) is 10.6 Å². The minimum atomic E-state index is -1.40. The molecule has 2 aromatic carbocycles. The number of hydrogen-bond acceptors (Lipinski definition) is 4. The molecule has 7 nitrogen and oxygen atoms in total. The Hall–Kier alpha value is -3.35. The fourth-order valence-electron chi connectivity index (χ4n) is 4.54. The number of rotatable bonds is 10. The van der Waals surface area contributed by atoms with Crippen molar-refractivity contribution in [1.29, 1.82) is 0 Å². The Labute approximate surface area is 200 Å². The van der Waals surface area contributed by atoms with Crippen LogP contribution >= 0.6 is 0 Å². The first kappa shape index (κ1) is 25.3. The van der Waals surface area contributed by atoms with E-state index in [1.54, 1.807) is 0 Å². The smallest absolute Gasteiger partial charge is 0.407 e. The Morgan fingerprint density at radius 3 is 2.09 bits per heavy atom. The van der Waals surface area contributed by atoms with Crippen LogP contribution in [0.4, 0.5) is 4.79 Å². The van der Waals surface area contributed by atoms with Crippen molar-refractivity contribution >= 4 is 18.0 Å². The van der Waals surface area contributed by atoms with Crippen LogP contribution in [-0.4, -0.2) is 41.3 Å². The van der Waals surface area contributed by atoms with Gasteiger partial charge in [0, 0.05) is 5.92 Å². The zero-order chi connectivity index (χ0) is 24.9. The van der Waals surface area contributed by atoms with E-state index in [2.05, 4.69) is 22.8 Å². The van der Waals surface area contributed by atoms with Gasteiger partial charge in [-0.3, -0.25) is 4.79 Å². The number of aliphatic carboxylic acids is 1. The van der Waals surface area contributed by atoms with Gasteiger partial charge in [0.25, 0.3) is 0 Å². The van der Waals surface area contributed by atoms with Crippen molar-refractivity contribution in [3.8, 4) is 11.1 Å². The molecule has 0 radical (unpaired) electrons. The Morgan fingerprint density at radius 2 is 1.59 bits per heavy atom. The van der Waals surface area contributed by atoms with Gasteiger partial charge in [0.15, 0.2) is 0 Å². The van der Waals surface area contributed by atoms with Crippen LogP contribution in [-0.2, 0) is 14.3 Å². The fourth-order valence-corrected chi connectivity index (χ4v) is 4.54.